The summed E-state index contributed by atoms with van der Waals surface area (Å²) >= 11 is 7.37. The second-order valence-corrected chi connectivity index (χ2v) is 8.21. The van der Waals surface area contributed by atoms with E-state index < -0.39 is 5.69 Å². The van der Waals surface area contributed by atoms with Crippen LogP contribution < -0.4 is 16.6 Å². The second-order valence-electron chi connectivity index (χ2n) is 6.89. The molecule has 0 aliphatic carbocycles. The van der Waals surface area contributed by atoms with Crippen LogP contribution in [0.25, 0.3) is 15.9 Å². The van der Waals surface area contributed by atoms with Crippen molar-refractivity contribution in [3.63, 3.8) is 0 Å². The number of amides is 1. The number of aromatic nitrogens is 2. The summed E-state index contributed by atoms with van der Waals surface area (Å²) in [4.78, 5) is 39.1. The van der Waals surface area contributed by atoms with Crippen molar-refractivity contribution in [2.45, 2.75) is 20.4 Å². The molecule has 0 aliphatic heterocycles. The number of fused-ring (bicyclic) bond motifs is 1. The van der Waals surface area contributed by atoms with E-state index in [2.05, 4.69) is 5.32 Å². The van der Waals surface area contributed by atoms with Gasteiger partial charge < -0.3 is 5.32 Å². The van der Waals surface area contributed by atoms with Crippen LogP contribution in [0.5, 0.6) is 0 Å². The number of thiophene rings is 1. The van der Waals surface area contributed by atoms with Crippen LogP contribution in [0.2, 0.25) is 5.02 Å². The SMILES string of the molecule is Cc1ccccc1-n1c(=O)c2sccc2n(CC(=O)Nc2cccc(Cl)c2C)c1=O. The Labute approximate surface area is 181 Å². The minimum absolute atomic E-state index is 0.232. The Balaban J connectivity index is 1.81. The molecule has 1 amide bonds. The molecule has 6 nitrogen and oxygen atoms in total. The minimum Gasteiger partial charge on any atom is -0.324 e. The summed E-state index contributed by atoms with van der Waals surface area (Å²) in [7, 11) is 0. The fourth-order valence-electron chi connectivity index (χ4n) is 3.34. The summed E-state index contributed by atoms with van der Waals surface area (Å²) in [6.07, 6.45) is 0. The molecule has 8 heteroatoms. The topological polar surface area (TPSA) is 73.1 Å². The van der Waals surface area contributed by atoms with E-state index in [0.29, 0.717) is 26.6 Å². The molecule has 2 aromatic carbocycles. The zero-order valence-electron chi connectivity index (χ0n) is 16.3. The maximum absolute atomic E-state index is 13.3. The Bertz CT molecular complexity index is 1400. The van der Waals surface area contributed by atoms with Gasteiger partial charge in [-0.15, -0.1) is 11.3 Å². The van der Waals surface area contributed by atoms with Gasteiger partial charge in [0.05, 0.1) is 11.2 Å². The van der Waals surface area contributed by atoms with E-state index >= 15 is 0 Å². The van der Waals surface area contributed by atoms with Crippen molar-refractivity contribution in [1.82, 2.24) is 9.13 Å². The van der Waals surface area contributed by atoms with Gasteiger partial charge in [-0.1, -0.05) is 35.9 Å². The second kappa shape index (κ2) is 7.93. The van der Waals surface area contributed by atoms with Gasteiger partial charge in [-0.25, -0.2) is 9.36 Å². The summed E-state index contributed by atoms with van der Waals surface area (Å²) in [6.45, 7) is 3.41. The molecule has 0 unspecified atom stereocenters. The number of carbonyl (C=O) groups is 1. The number of hydrogen-bond donors (Lipinski definition) is 1. The number of aryl methyl sites for hydroxylation is 1. The maximum atomic E-state index is 13.3. The van der Waals surface area contributed by atoms with Gasteiger partial charge in [0.15, 0.2) is 0 Å². The zero-order chi connectivity index (χ0) is 21.4. The molecule has 152 valence electrons. The third kappa shape index (κ3) is 3.46. The molecular formula is C22H18ClN3O3S. The molecule has 2 aromatic heterocycles. The molecule has 0 aliphatic rings. The molecule has 0 spiro atoms. The summed E-state index contributed by atoms with van der Waals surface area (Å²) in [5.41, 5.74) is 2.11. The van der Waals surface area contributed by atoms with E-state index in [1.54, 1.807) is 48.7 Å². The highest BCUT2D eigenvalue weighted by atomic mass is 35.5. The summed E-state index contributed by atoms with van der Waals surface area (Å²) < 4.78 is 2.88. The third-order valence-corrected chi connectivity index (χ3v) is 6.26. The molecule has 2 heterocycles. The minimum atomic E-state index is -0.557. The van der Waals surface area contributed by atoms with Crippen LogP contribution in [0.3, 0.4) is 0 Å². The molecule has 0 radical (unpaired) electrons. The molecule has 0 atom stereocenters. The van der Waals surface area contributed by atoms with Crippen molar-refractivity contribution in [3.05, 3.63) is 90.9 Å². The first-order valence-electron chi connectivity index (χ1n) is 9.22. The van der Waals surface area contributed by atoms with Gasteiger partial charge in [-0.3, -0.25) is 14.2 Å². The number of halogens is 1. The smallest absolute Gasteiger partial charge is 0.324 e. The molecule has 30 heavy (non-hydrogen) atoms. The summed E-state index contributed by atoms with van der Waals surface area (Å²) in [6, 6.07) is 14.1. The lowest BCUT2D eigenvalue weighted by Crippen LogP contribution is -2.40. The number of nitrogens with one attached hydrogen (secondary N) is 1. The molecule has 0 bridgehead atoms. The molecule has 1 N–H and O–H groups in total. The van der Waals surface area contributed by atoms with E-state index in [4.69, 9.17) is 11.6 Å². The van der Waals surface area contributed by atoms with Crippen molar-refractivity contribution in [2.24, 2.45) is 0 Å². The van der Waals surface area contributed by atoms with Crippen LogP contribution in [-0.4, -0.2) is 15.0 Å². The molecule has 0 saturated carbocycles. The van der Waals surface area contributed by atoms with E-state index in [9.17, 15) is 14.4 Å². The molecule has 4 rings (SSSR count). The van der Waals surface area contributed by atoms with Gasteiger partial charge in [-0.05, 0) is 54.6 Å². The number of benzene rings is 2. The van der Waals surface area contributed by atoms with E-state index in [1.165, 1.54) is 15.9 Å². The number of rotatable bonds is 4. The fraction of sp³-hybridized carbons (Fsp3) is 0.136. The number of carbonyl (C=O) groups excluding carboxylic acids is 1. The largest absolute Gasteiger partial charge is 0.336 e. The number of nitrogens with zero attached hydrogens (tertiary/aromatic N) is 2. The van der Waals surface area contributed by atoms with E-state index in [0.717, 1.165) is 15.7 Å². The lowest BCUT2D eigenvalue weighted by molar-refractivity contribution is -0.116. The summed E-state index contributed by atoms with van der Waals surface area (Å²) in [5, 5.41) is 5.08. The Morgan fingerprint density at radius 1 is 1.07 bits per heavy atom. The van der Waals surface area contributed by atoms with Crippen LogP contribution in [0.4, 0.5) is 5.69 Å². The normalized spacial score (nSPS) is 11.0. The van der Waals surface area contributed by atoms with Gasteiger partial charge in [-0.2, -0.15) is 0 Å². The monoisotopic (exact) mass is 439 g/mol. The fourth-order valence-corrected chi connectivity index (χ4v) is 4.34. The first kappa shape index (κ1) is 20.1. The number of hydrogen-bond acceptors (Lipinski definition) is 4. The maximum Gasteiger partial charge on any atom is 0.336 e. The third-order valence-electron chi connectivity index (χ3n) is 4.95. The first-order chi connectivity index (χ1) is 14.4. The predicted octanol–water partition coefficient (Wildman–Crippen LogP) is 4.12. The summed E-state index contributed by atoms with van der Waals surface area (Å²) in [5.74, 6) is -0.384. The Kier molecular flexibility index (Phi) is 5.32. The van der Waals surface area contributed by atoms with Gasteiger partial charge in [0.1, 0.15) is 11.2 Å². The van der Waals surface area contributed by atoms with Crippen LogP contribution in [0.1, 0.15) is 11.1 Å². The number of anilines is 1. The Hall–Kier alpha value is -3.16. The molecule has 0 fully saturated rings. The number of para-hydroxylation sites is 1. The molecule has 4 aromatic rings. The highest BCUT2D eigenvalue weighted by molar-refractivity contribution is 7.17. The van der Waals surface area contributed by atoms with E-state index in [1.807, 2.05) is 19.1 Å². The quantitative estimate of drug-likeness (QED) is 0.519. The average molecular weight is 440 g/mol. The van der Waals surface area contributed by atoms with Gasteiger partial charge in [0.25, 0.3) is 5.56 Å². The Morgan fingerprint density at radius 3 is 2.60 bits per heavy atom. The van der Waals surface area contributed by atoms with Crippen molar-refractivity contribution in [1.29, 1.82) is 0 Å². The molecular weight excluding hydrogens is 422 g/mol. The van der Waals surface area contributed by atoms with Gasteiger partial charge in [0, 0.05) is 10.7 Å². The van der Waals surface area contributed by atoms with E-state index in [-0.39, 0.29) is 18.0 Å². The van der Waals surface area contributed by atoms with Gasteiger partial charge in [0.2, 0.25) is 5.91 Å². The zero-order valence-corrected chi connectivity index (χ0v) is 17.9. The molecule has 0 saturated heterocycles. The predicted molar refractivity (Wildman–Crippen MR) is 121 cm³/mol. The van der Waals surface area contributed by atoms with Gasteiger partial charge >= 0.3 is 5.69 Å². The van der Waals surface area contributed by atoms with Crippen LogP contribution in [0.15, 0.2) is 63.5 Å². The van der Waals surface area contributed by atoms with Crippen molar-refractivity contribution in [2.75, 3.05) is 5.32 Å². The van der Waals surface area contributed by atoms with Crippen LogP contribution in [-0.2, 0) is 11.3 Å². The highest BCUT2D eigenvalue weighted by Crippen LogP contribution is 2.23. The van der Waals surface area contributed by atoms with Crippen LogP contribution >= 0.6 is 22.9 Å². The Morgan fingerprint density at radius 2 is 1.83 bits per heavy atom. The van der Waals surface area contributed by atoms with Crippen LogP contribution in [0, 0.1) is 13.8 Å². The van der Waals surface area contributed by atoms with Crippen molar-refractivity contribution in [3.8, 4) is 5.69 Å². The lowest BCUT2D eigenvalue weighted by atomic mass is 10.2. The average Bonchev–Trinajstić information content (AvgIpc) is 3.20. The standard InChI is InChI=1S/C22H18ClN3O3S/c1-13-6-3-4-9-17(13)26-21(28)20-18(10-11-30-20)25(22(26)29)12-19(27)24-16-8-5-7-15(23)14(16)2/h3-11H,12H2,1-2H3,(H,24,27). The van der Waals surface area contributed by atoms with Crippen molar-refractivity contribution >= 4 is 44.7 Å². The lowest BCUT2D eigenvalue weighted by Gasteiger charge is -2.14. The highest BCUT2D eigenvalue weighted by Gasteiger charge is 2.18. The first-order valence-corrected chi connectivity index (χ1v) is 10.5. The van der Waals surface area contributed by atoms with Crippen molar-refractivity contribution < 1.29 is 4.79 Å².